The van der Waals surface area contributed by atoms with Gasteiger partial charge < -0.3 is 5.32 Å². The maximum atomic E-state index is 13.4. The van der Waals surface area contributed by atoms with E-state index in [9.17, 15) is 18.0 Å². The number of carbonyl (C=O) groups is 1. The molecule has 0 aliphatic heterocycles. The van der Waals surface area contributed by atoms with Crippen LogP contribution < -0.4 is 5.32 Å². The summed E-state index contributed by atoms with van der Waals surface area (Å²) in [5, 5.41) is 8.52. The molecular formula is C18H12F3N5OS. The molecule has 142 valence electrons. The highest BCUT2D eigenvalue weighted by molar-refractivity contribution is 7.07. The predicted octanol–water partition coefficient (Wildman–Crippen LogP) is 4.43. The van der Waals surface area contributed by atoms with Gasteiger partial charge in [0.1, 0.15) is 5.69 Å². The normalized spacial score (nSPS) is 11.7. The first-order chi connectivity index (χ1) is 13.3. The lowest BCUT2D eigenvalue weighted by Crippen LogP contribution is -2.15. The average molecular weight is 403 g/mol. The molecule has 0 fully saturated rings. The molecule has 1 N–H and O–H groups in total. The SMILES string of the molecule is Cc1cc(-c2ccccc2C(F)(F)F)nn2c(NC(=O)c3cscn3)cnc12. The number of imidazole rings is 1. The molecule has 6 nitrogen and oxygen atoms in total. The Labute approximate surface area is 160 Å². The zero-order valence-electron chi connectivity index (χ0n) is 14.4. The number of halogens is 3. The molecule has 0 unspecified atom stereocenters. The highest BCUT2D eigenvalue weighted by Crippen LogP contribution is 2.36. The number of fused-ring (bicyclic) bond motifs is 1. The molecular weight excluding hydrogens is 391 g/mol. The molecule has 1 amide bonds. The number of benzene rings is 1. The van der Waals surface area contributed by atoms with Gasteiger partial charge in [-0.15, -0.1) is 11.3 Å². The molecule has 0 spiro atoms. The fourth-order valence-electron chi connectivity index (χ4n) is 2.80. The predicted molar refractivity (Wildman–Crippen MR) is 98.2 cm³/mol. The van der Waals surface area contributed by atoms with Crippen LogP contribution in [0.4, 0.5) is 19.0 Å². The fraction of sp³-hybridized carbons (Fsp3) is 0.111. The monoisotopic (exact) mass is 403 g/mol. The Morgan fingerprint density at radius 2 is 2.00 bits per heavy atom. The van der Waals surface area contributed by atoms with Crippen LogP contribution in [0, 0.1) is 6.92 Å². The third-order valence-corrected chi connectivity index (χ3v) is 4.65. The van der Waals surface area contributed by atoms with E-state index in [0.29, 0.717) is 11.2 Å². The molecule has 28 heavy (non-hydrogen) atoms. The fourth-order valence-corrected chi connectivity index (χ4v) is 3.33. The van der Waals surface area contributed by atoms with Crippen molar-refractivity contribution in [2.45, 2.75) is 13.1 Å². The number of aromatic nitrogens is 4. The van der Waals surface area contributed by atoms with Gasteiger partial charge in [0.2, 0.25) is 0 Å². The lowest BCUT2D eigenvalue weighted by molar-refractivity contribution is -0.137. The first-order valence-electron chi connectivity index (χ1n) is 8.06. The molecule has 1 aromatic carbocycles. The summed E-state index contributed by atoms with van der Waals surface area (Å²) < 4.78 is 41.5. The van der Waals surface area contributed by atoms with E-state index in [1.54, 1.807) is 18.4 Å². The Morgan fingerprint density at radius 1 is 1.21 bits per heavy atom. The van der Waals surface area contributed by atoms with E-state index in [1.807, 2.05) is 0 Å². The van der Waals surface area contributed by atoms with Gasteiger partial charge in [0.05, 0.1) is 23.0 Å². The van der Waals surface area contributed by atoms with E-state index in [1.165, 1.54) is 45.8 Å². The van der Waals surface area contributed by atoms with Gasteiger partial charge in [-0.25, -0.2) is 9.97 Å². The van der Waals surface area contributed by atoms with E-state index in [2.05, 4.69) is 20.4 Å². The lowest BCUT2D eigenvalue weighted by Gasteiger charge is -2.13. The second-order valence-electron chi connectivity index (χ2n) is 5.96. The zero-order chi connectivity index (χ0) is 19.9. The van der Waals surface area contributed by atoms with Crippen LogP contribution in [-0.2, 0) is 6.18 Å². The number of thiazole rings is 1. The topological polar surface area (TPSA) is 72.2 Å². The van der Waals surface area contributed by atoms with Crippen molar-refractivity contribution < 1.29 is 18.0 Å². The number of hydrogen-bond acceptors (Lipinski definition) is 5. The third kappa shape index (κ3) is 3.22. The van der Waals surface area contributed by atoms with Crippen molar-refractivity contribution in [3.63, 3.8) is 0 Å². The van der Waals surface area contributed by atoms with Gasteiger partial charge in [0, 0.05) is 10.9 Å². The van der Waals surface area contributed by atoms with Crippen molar-refractivity contribution in [2.24, 2.45) is 0 Å². The number of rotatable bonds is 3. The number of hydrogen-bond donors (Lipinski definition) is 1. The quantitative estimate of drug-likeness (QED) is 0.549. The van der Waals surface area contributed by atoms with E-state index in [0.717, 1.165) is 6.07 Å². The van der Waals surface area contributed by atoms with Crippen LogP contribution in [0.3, 0.4) is 0 Å². The Balaban J connectivity index is 1.82. The minimum atomic E-state index is -4.52. The molecule has 0 saturated carbocycles. The van der Waals surface area contributed by atoms with Crippen LogP contribution in [-0.4, -0.2) is 25.5 Å². The second-order valence-corrected chi connectivity index (χ2v) is 6.68. The lowest BCUT2D eigenvalue weighted by atomic mass is 10.0. The van der Waals surface area contributed by atoms with E-state index in [4.69, 9.17) is 0 Å². The maximum Gasteiger partial charge on any atom is 0.417 e. The van der Waals surface area contributed by atoms with Crippen LogP contribution in [0.25, 0.3) is 16.9 Å². The second kappa shape index (κ2) is 6.71. The maximum absolute atomic E-state index is 13.4. The Morgan fingerprint density at radius 3 is 2.71 bits per heavy atom. The summed E-state index contributed by atoms with van der Waals surface area (Å²) in [6, 6.07) is 6.76. The minimum absolute atomic E-state index is 0.0505. The molecule has 0 atom stereocenters. The summed E-state index contributed by atoms with van der Waals surface area (Å²) in [6.07, 6.45) is -3.11. The number of anilines is 1. The smallest absolute Gasteiger partial charge is 0.304 e. The van der Waals surface area contributed by atoms with Crippen LogP contribution in [0.2, 0.25) is 0 Å². The molecule has 0 aliphatic carbocycles. The summed E-state index contributed by atoms with van der Waals surface area (Å²) in [5.41, 5.74) is 2.10. The van der Waals surface area contributed by atoms with Crippen molar-refractivity contribution in [3.8, 4) is 11.3 Å². The summed E-state index contributed by atoms with van der Waals surface area (Å²) in [5.74, 6) is -0.217. The molecule has 4 rings (SSSR count). The molecule has 4 aromatic rings. The van der Waals surface area contributed by atoms with Gasteiger partial charge in [-0.3, -0.25) is 4.79 Å². The van der Waals surface area contributed by atoms with Crippen molar-refractivity contribution in [2.75, 3.05) is 5.32 Å². The zero-order valence-corrected chi connectivity index (χ0v) is 15.2. The number of nitrogens with zero attached hydrogens (tertiary/aromatic N) is 4. The number of amides is 1. The minimum Gasteiger partial charge on any atom is -0.304 e. The highest BCUT2D eigenvalue weighted by atomic mass is 32.1. The standard InChI is InChI=1S/C18H12F3N5OS/c1-10-6-13(11-4-2-3-5-12(11)18(19,20)21)25-26-15(7-22-16(10)26)24-17(27)14-8-28-9-23-14/h2-9H,1H3,(H,24,27). The van der Waals surface area contributed by atoms with Crippen molar-refractivity contribution in [1.29, 1.82) is 0 Å². The highest BCUT2D eigenvalue weighted by Gasteiger charge is 2.34. The molecule has 0 bridgehead atoms. The molecule has 0 radical (unpaired) electrons. The number of alkyl halides is 3. The Hall–Kier alpha value is -3.27. The van der Waals surface area contributed by atoms with Crippen molar-refractivity contribution in [3.05, 3.63) is 64.2 Å². The Bertz CT molecular complexity index is 1170. The van der Waals surface area contributed by atoms with E-state index < -0.39 is 17.6 Å². The summed E-state index contributed by atoms with van der Waals surface area (Å²) >= 11 is 1.27. The van der Waals surface area contributed by atoms with Crippen LogP contribution in [0.15, 0.2) is 47.4 Å². The molecule has 0 aliphatic rings. The van der Waals surface area contributed by atoms with Crippen LogP contribution >= 0.6 is 11.3 Å². The summed E-state index contributed by atoms with van der Waals surface area (Å²) in [7, 11) is 0. The van der Waals surface area contributed by atoms with Crippen LogP contribution in [0.5, 0.6) is 0 Å². The van der Waals surface area contributed by atoms with Gasteiger partial charge in [-0.2, -0.15) is 22.8 Å². The third-order valence-electron chi connectivity index (χ3n) is 4.07. The molecule has 3 heterocycles. The van der Waals surface area contributed by atoms with E-state index >= 15 is 0 Å². The number of aryl methyl sites for hydroxylation is 1. The number of carbonyl (C=O) groups excluding carboxylic acids is 1. The van der Waals surface area contributed by atoms with Gasteiger partial charge in [-0.1, -0.05) is 18.2 Å². The number of nitrogens with one attached hydrogen (secondary N) is 1. The van der Waals surface area contributed by atoms with Gasteiger partial charge in [0.15, 0.2) is 11.5 Å². The van der Waals surface area contributed by atoms with Gasteiger partial charge >= 0.3 is 6.18 Å². The molecule has 3 aromatic heterocycles. The van der Waals surface area contributed by atoms with E-state index in [-0.39, 0.29) is 22.8 Å². The first kappa shape index (κ1) is 18.1. The molecule has 10 heteroatoms. The van der Waals surface area contributed by atoms with Crippen LogP contribution in [0.1, 0.15) is 21.6 Å². The van der Waals surface area contributed by atoms with Gasteiger partial charge in [-0.05, 0) is 24.6 Å². The summed E-state index contributed by atoms with van der Waals surface area (Å²) in [6.45, 7) is 1.72. The first-order valence-corrected chi connectivity index (χ1v) is 9.00. The summed E-state index contributed by atoms with van der Waals surface area (Å²) in [4.78, 5) is 20.4. The van der Waals surface area contributed by atoms with Crippen molar-refractivity contribution in [1.82, 2.24) is 19.6 Å². The average Bonchev–Trinajstić information content (AvgIpc) is 3.32. The largest absolute Gasteiger partial charge is 0.417 e. The van der Waals surface area contributed by atoms with Crippen molar-refractivity contribution >= 4 is 28.7 Å². The van der Waals surface area contributed by atoms with Gasteiger partial charge in [0.25, 0.3) is 5.91 Å². The Kier molecular flexibility index (Phi) is 4.34. The molecule has 0 saturated heterocycles.